The fourth-order valence-electron chi connectivity index (χ4n) is 10.5. The summed E-state index contributed by atoms with van der Waals surface area (Å²) in [6.07, 6.45) is 15.0. The van der Waals surface area contributed by atoms with E-state index in [0.29, 0.717) is 87.1 Å². The van der Waals surface area contributed by atoms with E-state index in [4.69, 9.17) is 41.8 Å². The predicted molar refractivity (Wildman–Crippen MR) is 423 cm³/mol. The van der Waals surface area contributed by atoms with Crippen molar-refractivity contribution < 1.29 is 92.5 Å². The Bertz CT molecular complexity index is 3240. The van der Waals surface area contributed by atoms with Crippen molar-refractivity contribution in [2.24, 2.45) is 0 Å². The molecule has 5 heterocycles. The smallest absolute Gasteiger partial charge is 0.255 e. The van der Waals surface area contributed by atoms with E-state index in [2.05, 4.69) is 38.8 Å². The summed E-state index contributed by atoms with van der Waals surface area (Å²) < 4.78 is 33.7. The van der Waals surface area contributed by atoms with Crippen molar-refractivity contribution >= 4 is 127 Å². The van der Waals surface area contributed by atoms with E-state index in [9.17, 15) is 62.3 Å². The zero-order valence-corrected chi connectivity index (χ0v) is 72.7. The van der Waals surface area contributed by atoms with E-state index >= 15 is 0 Å². The second-order valence-corrected chi connectivity index (χ2v) is 42.0. The van der Waals surface area contributed by atoms with E-state index in [1.165, 1.54) is 46.0 Å². The number of benzene rings is 1. The fourth-order valence-corrected chi connectivity index (χ4v) is 15.1. The van der Waals surface area contributed by atoms with Crippen LogP contribution >= 0.6 is 32.3 Å². The van der Waals surface area contributed by atoms with Gasteiger partial charge >= 0.3 is 158 Å². The van der Waals surface area contributed by atoms with Gasteiger partial charge in [0.05, 0.1) is 25.5 Å². The van der Waals surface area contributed by atoms with Crippen molar-refractivity contribution in [1.82, 2.24) is 30.9 Å². The average molecular weight is 1740 g/mol. The average Bonchev–Trinajstić information content (AvgIpc) is 1.66. The number of fused-ring (bicyclic) bond motifs is 5. The van der Waals surface area contributed by atoms with Crippen LogP contribution in [0.15, 0.2) is 110 Å². The van der Waals surface area contributed by atoms with Gasteiger partial charge in [-0.1, -0.05) is 87.4 Å². The first-order valence-corrected chi connectivity index (χ1v) is 50.6. The van der Waals surface area contributed by atoms with Crippen LogP contribution < -0.4 is 10.9 Å². The molecule has 5 aliphatic heterocycles. The van der Waals surface area contributed by atoms with Gasteiger partial charge in [0.2, 0.25) is 11.8 Å². The number of aliphatic hydroxyl groups excluding tert-OH is 1. The Hall–Kier alpha value is -7.51. The Balaban J connectivity index is 0. The maximum absolute atomic E-state index is 12.2. The van der Waals surface area contributed by atoms with Gasteiger partial charge in [0.15, 0.2) is 28.9 Å². The van der Waals surface area contributed by atoms with Crippen molar-refractivity contribution in [1.29, 1.82) is 0 Å². The minimum atomic E-state index is -2.59. The number of nitrogens with zero attached hydrogens (tertiary/aromatic N) is 4. The quantitative estimate of drug-likeness (QED) is 0.0715. The molecule has 4 fully saturated rings. The number of amides is 6. The van der Waals surface area contributed by atoms with Gasteiger partial charge in [-0.3, -0.25) is 63.6 Å². The van der Waals surface area contributed by atoms with Crippen LogP contribution in [-0.2, 0) is 87.4 Å². The van der Waals surface area contributed by atoms with Crippen LogP contribution in [0.25, 0.3) is 0 Å². The first-order chi connectivity index (χ1) is 50.9. The van der Waals surface area contributed by atoms with E-state index in [-0.39, 0.29) is 102 Å². The molecule has 107 heavy (non-hydrogen) atoms. The zero-order valence-electron chi connectivity index (χ0n) is 66.9. The molecule has 0 spiro atoms. The first-order valence-electron chi connectivity index (χ1n) is 37.3. The van der Waals surface area contributed by atoms with Crippen LogP contribution in [0.1, 0.15) is 226 Å². The number of ketones is 5. The summed E-state index contributed by atoms with van der Waals surface area (Å²) in [5, 5.41) is 14.8. The van der Waals surface area contributed by atoms with Gasteiger partial charge in [-0.05, 0) is 102 Å². The van der Waals surface area contributed by atoms with Gasteiger partial charge in [-0.15, -0.1) is 0 Å². The summed E-state index contributed by atoms with van der Waals surface area (Å²) in [6.45, 7) is 40.9. The molecular formula is C78H122ClIN6O20Sn. The molecule has 29 heteroatoms. The van der Waals surface area contributed by atoms with Crippen molar-refractivity contribution in [3.63, 3.8) is 0 Å². The van der Waals surface area contributed by atoms with E-state index in [0.717, 1.165) is 88.5 Å². The van der Waals surface area contributed by atoms with Gasteiger partial charge in [-0.2, -0.15) is 0 Å². The molecule has 11 rings (SSSR count). The molecule has 2 atom stereocenters. The molecule has 3 saturated heterocycles. The van der Waals surface area contributed by atoms with Crippen molar-refractivity contribution in [2.75, 3.05) is 39.5 Å². The number of halogens is 2. The van der Waals surface area contributed by atoms with E-state index in [1.807, 2.05) is 115 Å². The molecule has 26 nitrogen and oxygen atoms in total. The Kier molecular flexibility index (Phi) is 53.8. The Morgan fingerprint density at radius 3 is 1.50 bits per heavy atom. The van der Waals surface area contributed by atoms with Crippen LogP contribution in [-0.4, -0.2) is 171 Å². The minimum absolute atomic E-state index is 0.00574. The number of ether oxygens (including phenoxy) is 4. The Morgan fingerprint density at radius 1 is 0.570 bits per heavy atom. The number of hydrogen-bond acceptors (Lipinski definition) is 20. The number of allylic oxidation sites excluding steroid dienone is 7. The summed E-state index contributed by atoms with van der Waals surface area (Å²) >= 11 is 1.10. The topological polar surface area (TPSA) is 335 Å². The number of nitrogens with one attached hydrogen (secondary N) is 2. The molecule has 0 aromatic heterocycles. The number of Topliss-reactive ketones (excluding diaryl/α,β-unsaturated/α-hetero) is 2. The van der Waals surface area contributed by atoms with Crippen molar-refractivity contribution in [3.05, 3.63) is 114 Å². The van der Waals surface area contributed by atoms with Crippen LogP contribution in [0.2, 0.25) is 14.8 Å². The second-order valence-electron chi connectivity index (χ2n) is 23.7. The molecule has 1 aromatic carbocycles. The molecule has 1 aromatic rings. The maximum atomic E-state index is 12.2. The van der Waals surface area contributed by atoms with Crippen molar-refractivity contribution in [3.8, 4) is 0 Å². The molecule has 6 amide bonds. The zero-order chi connectivity index (χ0) is 82.1. The van der Waals surface area contributed by atoms with Crippen LogP contribution in [0.5, 0.6) is 0 Å². The molecular weight excluding hydrogens is 1620 g/mol. The van der Waals surface area contributed by atoms with E-state index < -0.39 is 57.0 Å². The SMILES string of the molecule is C=C(OCC)C1=CC(=O)CCC1.C=[C](OCC)[Sn]([CH3])([CH3])[CH3].CC.CC.CC.CC.CC.CC(=O)OI(OC(C)=O)c1ccccc1.CCOC1=C2CCCC(=O)C2N2C(=O)CC(=O)N2C1.CCOC1CN2C(=O)CC(=O)N2C2=C1CCCC2=O.O=C1C=C(Cl)CCC1.O=C1C=C(O)CCC1.O=C1CC(=O)NN1. The van der Waals surface area contributed by atoms with Gasteiger partial charge in [0, 0.05) is 61.8 Å². The molecule has 2 unspecified atom stereocenters. The minimum Gasteiger partial charge on any atom is -0.512 e. The van der Waals surface area contributed by atoms with Gasteiger partial charge < -0.3 is 19.3 Å². The number of rotatable bonds is 13. The number of hydrazine groups is 3. The van der Waals surface area contributed by atoms with Crippen LogP contribution in [0, 0.1) is 3.57 Å². The van der Waals surface area contributed by atoms with Gasteiger partial charge in [0.25, 0.3) is 23.6 Å². The summed E-state index contributed by atoms with van der Waals surface area (Å²) in [6, 6.07) is 8.44. The van der Waals surface area contributed by atoms with Gasteiger partial charge in [-0.25, -0.2) is 20.0 Å². The third-order valence-corrected chi connectivity index (χ3v) is 24.2. The molecule has 0 bridgehead atoms. The summed E-state index contributed by atoms with van der Waals surface area (Å²) in [5.74, 6) is -0.505. The predicted octanol–water partition coefficient (Wildman–Crippen LogP) is 14.4. The summed E-state index contributed by atoms with van der Waals surface area (Å²) in [7, 11) is 0. The molecule has 5 aliphatic carbocycles. The number of carbonyl (C=O) groups is 13. The molecule has 3 N–H and O–H groups in total. The molecule has 1 saturated carbocycles. The third kappa shape index (κ3) is 37.0. The fraction of sp³-hybridized carbons (Fsp3) is 0.577. The Labute approximate surface area is 652 Å². The Morgan fingerprint density at radius 2 is 1.07 bits per heavy atom. The molecule has 10 aliphatic rings. The normalized spacial score (nSPS) is 18.4. The van der Waals surface area contributed by atoms with Crippen LogP contribution in [0.4, 0.5) is 0 Å². The second kappa shape index (κ2) is 56.7. The summed E-state index contributed by atoms with van der Waals surface area (Å²) in [4.78, 5) is 152. The maximum Gasteiger partial charge on any atom is 0.255 e. The van der Waals surface area contributed by atoms with Crippen molar-refractivity contribution in [2.45, 2.75) is 253 Å². The number of aliphatic hydroxyl groups is 1. The summed E-state index contributed by atoms with van der Waals surface area (Å²) in [5.41, 5.74) is 7.40. The van der Waals surface area contributed by atoms with E-state index in [1.54, 1.807) is 18.2 Å². The number of carbonyl (C=O) groups excluding carboxylic acids is 13. The molecule has 602 valence electrons. The number of hydrogen-bond donors (Lipinski definition) is 3. The third-order valence-electron chi connectivity index (χ3n) is 14.9. The molecule has 0 radical (unpaired) electrons. The largest absolute Gasteiger partial charge is 0.512 e. The standard InChI is InChI=1S/2C13H16N2O4.C10H11IO4.C10H14O2.C6H7ClO.C6H8O2.C4H7O.C3H4N2O2.5C2H6.3CH3.Sn/c2*1-2-19-10-7-14-11(17)6-12(18)15(14)13-8(10)4-3-5-9(13)16;1-8(12)14-11(15-9(2)13)10-6-4-3-5-7-10;1-3-12-8(2)9-5-4-6-10(11)7-9;2*7-5-2-1-3-6(8)4-5;1-3-5-4-2;6-2-1-3(7)5-4-2;5*1-2;;;;/h13H,2-7H2,1H3;10H,2-7H2,1H3;3-7H,1-2H3;7H,2-6H2,1H3;4H,1-3H2;4,7H,1-3H2;1,4H2,2H3;1H2,(H,4,6)(H,5,7);5*1-2H3;3*1H3;. The monoisotopic (exact) mass is 1740 g/mol. The van der Waals surface area contributed by atoms with Crippen LogP contribution in [0.3, 0.4) is 0 Å². The first kappa shape index (κ1) is 102. The van der Waals surface area contributed by atoms with Gasteiger partial charge in [0.1, 0.15) is 55.2 Å².